The second-order valence-corrected chi connectivity index (χ2v) is 13.5. The van der Waals surface area contributed by atoms with E-state index in [-0.39, 0.29) is 0 Å². The first-order chi connectivity index (χ1) is 25.7. The van der Waals surface area contributed by atoms with Crippen LogP contribution < -0.4 is 4.90 Å². The Morgan fingerprint density at radius 1 is 0.404 bits per heavy atom. The lowest BCUT2D eigenvalue weighted by Crippen LogP contribution is -2.09. The molecule has 0 fully saturated rings. The first-order valence-electron chi connectivity index (χ1n) is 17.8. The predicted octanol–water partition coefficient (Wildman–Crippen LogP) is 13.8. The molecule has 0 aliphatic heterocycles. The molecule has 2 heterocycles. The standard InChI is InChI=1S/C49H34N2O/c1-33-30-41(51-46-18-10-8-16-42(46)43-17-9-11-19-47(43)51)31-45-44-29-28-40(32-48(44)52-49(33)45)50(38-24-20-36(21-25-38)34-12-4-2-5-13-34)39-26-22-37(23-27-39)35-14-6-3-7-15-35/h2-32H,1H3. The topological polar surface area (TPSA) is 21.3 Å². The summed E-state index contributed by atoms with van der Waals surface area (Å²) < 4.78 is 9.09. The van der Waals surface area contributed by atoms with Gasteiger partial charge in [-0.1, -0.05) is 121 Å². The van der Waals surface area contributed by atoms with Gasteiger partial charge in [-0.2, -0.15) is 0 Å². The van der Waals surface area contributed by atoms with E-state index in [0.29, 0.717) is 0 Å². The lowest BCUT2D eigenvalue weighted by Gasteiger charge is -2.26. The van der Waals surface area contributed by atoms with Gasteiger partial charge in [-0.15, -0.1) is 0 Å². The van der Waals surface area contributed by atoms with E-state index >= 15 is 0 Å². The van der Waals surface area contributed by atoms with Crippen molar-refractivity contribution in [3.05, 3.63) is 194 Å². The molecule has 0 saturated carbocycles. The van der Waals surface area contributed by atoms with Gasteiger partial charge in [0.25, 0.3) is 0 Å². The van der Waals surface area contributed by atoms with Crippen molar-refractivity contribution >= 4 is 60.8 Å². The molecule has 10 rings (SSSR count). The molecule has 0 atom stereocenters. The summed E-state index contributed by atoms with van der Waals surface area (Å²) in [5.41, 5.74) is 14.4. The molecule has 246 valence electrons. The minimum Gasteiger partial charge on any atom is -0.456 e. The zero-order valence-corrected chi connectivity index (χ0v) is 28.7. The van der Waals surface area contributed by atoms with Crippen LogP contribution in [0.1, 0.15) is 5.56 Å². The molecule has 10 aromatic rings. The summed E-state index contributed by atoms with van der Waals surface area (Å²) >= 11 is 0. The van der Waals surface area contributed by atoms with Crippen LogP contribution in [0, 0.1) is 6.92 Å². The second kappa shape index (κ2) is 12.2. The Morgan fingerprint density at radius 3 is 1.44 bits per heavy atom. The van der Waals surface area contributed by atoms with E-state index in [9.17, 15) is 0 Å². The summed E-state index contributed by atoms with van der Waals surface area (Å²) in [6.45, 7) is 2.15. The highest BCUT2D eigenvalue weighted by Gasteiger charge is 2.19. The van der Waals surface area contributed by atoms with Crippen molar-refractivity contribution in [3.63, 3.8) is 0 Å². The Balaban J connectivity index is 1.11. The van der Waals surface area contributed by atoms with Crippen LogP contribution in [0.2, 0.25) is 0 Å². The lowest BCUT2D eigenvalue weighted by atomic mass is 10.0. The van der Waals surface area contributed by atoms with Crippen LogP contribution in [-0.4, -0.2) is 4.57 Å². The average molecular weight is 667 g/mol. The molecular weight excluding hydrogens is 633 g/mol. The fourth-order valence-corrected chi connectivity index (χ4v) is 7.80. The Morgan fingerprint density at radius 2 is 0.885 bits per heavy atom. The molecule has 0 aliphatic carbocycles. The van der Waals surface area contributed by atoms with Gasteiger partial charge in [-0.25, -0.2) is 0 Å². The molecule has 0 unspecified atom stereocenters. The van der Waals surface area contributed by atoms with Crippen molar-refractivity contribution in [3.8, 4) is 27.9 Å². The molecule has 2 aromatic heterocycles. The van der Waals surface area contributed by atoms with Crippen LogP contribution >= 0.6 is 0 Å². The molecule has 8 aromatic carbocycles. The van der Waals surface area contributed by atoms with Crippen molar-refractivity contribution in [2.24, 2.45) is 0 Å². The third kappa shape index (κ3) is 4.98. The fourth-order valence-electron chi connectivity index (χ4n) is 7.80. The Bertz CT molecular complexity index is 2750. The van der Waals surface area contributed by atoms with Gasteiger partial charge in [0, 0.05) is 50.4 Å². The number of para-hydroxylation sites is 2. The molecule has 0 amide bonds. The molecule has 52 heavy (non-hydrogen) atoms. The van der Waals surface area contributed by atoms with E-state index in [4.69, 9.17) is 4.42 Å². The van der Waals surface area contributed by atoms with Crippen molar-refractivity contribution in [2.45, 2.75) is 6.92 Å². The highest BCUT2D eigenvalue weighted by atomic mass is 16.3. The van der Waals surface area contributed by atoms with Crippen LogP contribution in [0.4, 0.5) is 17.1 Å². The van der Waals surface area contributed by atoms with Gasteiger partial charge in [0.2, 0.25) is 0 Å². The molecule has 0 bridgehead atoms. The number of aromatic nitrogens is 1. The van der Waals surface area contributed by atoms with Gasteiger partial charge in [0.15, 0.2) is 0 Å². The van der Waals surface area contributed by atoms with Gasteiger partial charge in [-0.3, -0.25) is 0 Å². The van der Waals surface area contributed by atoms with Crippen LogP contribution in [0.3, 0.4) is 0 Å². The van der Waals surface area contributed by atoms with Gasteiger partial charge in [0.05, 0.1) is 11.0 Å². The van der Waals surface area contributed by atoms with Gasteiger partial charge >= 0.3 is 0 Å². The third-order valence-electron chi connectivity index (χ3n) is 10.3. The minimum atomic E-state index is 0.863. The zero-order valence-electron chi connectivity index (χ0n) is 28.7. The number of nitrogens with zero attached hydrogens (tertiary/aromatic N) is 2. The SMILES string of the molecule is Cc1cc(-n2c3ccccc3c3ccccc32)cc2c1oc1cc(N(c3ccc(-c4ccccc4)cc3)c3ccc(-c4ccccc4)cc3)ccc12. The van der Waals surface area contributed by atoms with E-state index in [0.717, 1.165) is 50.3 Å². The molecule has 0 aliphatic rings. The van der Waals surface area contributed by atoms with Crippen LogP contribution in [0.15, 0.2) is 192 Å². The third-order valence-corrected chi connectivity index (χ3v) is 10.3. The Labute approximate surface area is 302 Å². The maximum absolute atomic E-state index is 6.71. The molecule has 0 saturated heterocycles. The van der Waals surface area contributed by atoms with Gasteiger partial charge in [-0.05, 0) is 95.4 Å². The molecular formula is C49H34N2O. The van der Waals surface area contributed by atoms with E-state index in [1.54, 1.807) is 0 Å². The first kappa shape index (κ1) is 30.0. The molecule has 3 heteroatoms. The first-order valence-corrected chi connectivity index (χ1v) is 17.8. The zero-order chi connectivity index (χ0) is 34.6. The van der Waals surface area contributed by atoms with Crippen LogP contribution in [0.25, 0.3) is 71.7 Å². The summed E-state index contributed by atoms with van der Waals surface area (Å²) in [6.07, 6.45) is 0. The lowest BCUT2D eigenvalue weighted by molar-refractivity contribution is 0.666. The molecule has 0 N–H and O–H groups in total. The van der Waals surface area contributed by atoms with E-state index < -0.39 is 0 Å². The number of rotatable bonds is 6. The Kier molecular flexibility index (Phi) is 7.04. The van der Waals surface area contributed by atoms with E-state index in [1.807, 2.05) is 0 Å². The summed E-state index contributed by atoms with van der Waals surface area (Å²) in [6, 6.07) is 67.2. The summed E-state index contributed by atoms with van der Waals surface area (Å²) in [5, 5.41) is 4.73. The van der Waals surface area contributed by atoms with Crippen molar-refractivity contribution in [2.75, 3.05) is 4.90 Å². The largest absolute Gasteiger partial charge is 0.456 e. The predicted molar refractivity (Wildman–Crippen MR) is 218 cm³/mol. The average Bonchev–Trinajstić information content (AvgIpc) is 3.75. The number of aryl methyl sites for hydroxylation is 1. The Hall–Kier alpha value is -6.84. The molecule has 3 nitrogen and oxygen atoms in total. The van der Waals surface area contributed by atoms with Crippen molar-refractivity contribution < 1.29 is 4.42 Å². The number of hydrogen-bond donors (Lipinski definition) is 0. The smallest absolute Gasteiger partial charge is 0.138 e. The number of fused-ring (bicyclic) bond motifs is 6. The fraction of sp³-hybridized carbons (Fsp3) is 0.0204. The molecule has 0 radical (unpaired) electrons. The maximum atomic E-state index is 6.71. The number of anilines is 3. The number of benzene rings is 8. The second-order valence-electron chi connectivity index (χ2n) is 13.5. The van der Waals surface area contributed by atoms with E-state index in [1.165, 1.54) is 44.1 Å². The summed E-state index contributed by atoms with van der Waals surface area (Å²) in [5.74, 6) is 0. The highest BCUT2D eigenvalue weighted by Crippen LogP contribution is 2.41. The normalized spacial score (nSPS) is 11.6. The van der Waals surface area contributed by atoms with Gasteiger partial charge in [0.1, 0.15) is 11.2 Å². The highest BCUT2D eigenvalue weighted by molar-refractivity contribution is 6.11. The van der Waals surface area contributed by atoms with Crippen molar-refractivity contribution in [1.82, 2.24) is 4.57 Å². The van der Waals surface area contributed by atoms with Crippen molar-refractivity contribution in [1.29, 1.82) is 0 Å². The quantitative estimate of drug-likeness (QED) is 0.176. The van der Waals surface area contributed by atoms with E-state index in [2.05, 4.69) is 204 Å². The summed E-state index contributed by atoms with van der Waals surface area (Å²) in [4.78, 5) is 2.31. The number of hydrogen-bond acceptors (Lipinski definition) is 2. The van der Waals surface area contributed by atoms with Gasteiger partial charge < -0.3 is 13.9 Å². The van der Waals surface area contributed by atoms with Crippen LogP contribution in [0.5, 0.6) is 0 Å². The molecule has 0 spiro atoms. The minimum absolute atomic E-state index is 0.863. The monoisotopic (exact) mass is 666 g/mol. The number of furan rings is 1. The maximum Gasteiger partial charge on any atom is 0.138 e. The summed E-state index contributed by atoms with van der Waals surface area (Å²) in [7, 11) is 0. The van der Waals surface area contributed by atoms with Crippen LogP contribution in [-0.2, 0) is 0 Å².